The van der Waals surface area contributed by atoms with E-state index in [4.69, 9.17) is 26.3 Å². The van der Waals surface area contributed by atoms with Gasteiger partial charge in [-0.25, -0.2) is 8.42 Å². The first-order valence-electron chi connectivity index (χ1n) is 7.17. The first kappa shape index (κ1) is 16.9. The largest absolute Gasteiger partial charge is 0.489 e. The Morgan fingerprint density at radius 1 is 1.23 bits per heavy atom. The second kappa shape index (κ2) is 7.70. The molecule has 0 saturated carbocycles. The lowest BCUT2D eigenvalue weighted by molar-refractivity contribution is 0.297. The summed E-state index contributed by atoms with van der Waals surface area (Å²) in [5.41, 5.74) is 0.592. The standard InChI is InChI=1S/C15H18ClNO4S/c16-13-9-12(10-14-15(13)21-7-4-6-20-14)11-22(18,19)8-3-1-2-5-17/h9-10H,1-4,6-8,11H2. The molecule has 1 aromatic rings. The van der Waals surface area contributed by atoms with E-state index in [0.717, 1.165) is 6.42 Å². The summed E-state index contributed by atoms with van der Waals surface area (Å²) in [6, 6.07) is 5.30. The van der Waals surface area contributed by atoms with Crippen molar-refractivity contribution in [2.75, 3.05) is 19.0 Å². The highest BCUT2D eigenvalue weighted by Crippen LogP contribution is 2.38. The average molecular weight is 344 g/mol. The van der Waals surface area contributed by atoms with Gasteiger partial charge in [0.05, 0.1) is 35.8 Å². The summed E-state index contributed by atoms with van der Waals surface area (Å²) >= 11 is 6.16. The smallest absolute Gasteiger partial charge is 0.179 e. The number of nitriles is 1. The lowest BCUT2D eigenvalue weighted by Crippen LogP contribution is -2.09. The Bertz CT molecular complexity index is 667. The van der Waals surface area contributed by atoms with Crippen molar-refractivity contribution in [3.05, 3.63) is 22.7 Å². The molecule has 0 bridgehead atoms. The molecule has 120 valence electrons. The summed E-state index contributed by atoms with van der Waals surface area (Å²) in [6.45, 7) is 1.05. The first-order chi connectivity index (χ1) is 10.5. The number of hydrogen-bond acceptors (Lipinski definition) is 5. The lowest BCUT2D eigenvalue weighted by atomic mass is 10.2. The van der Waals surface area contributed by atoms with Gasteiger partial charge < -0.3 is 9.47 Å². The Kier molecular flexibility index (Phi) is 5.92. The number of nitrogens with zero attached hydrogens (tertiary/aromatic N) is 1. The maximum Gasteiger partial charge on any atom is 0.179 e. The highest BCUT2D eigenvalue weighted by Gasteiger charge is 2.18. The summed E-state index contributed by atoms with van der Waals surface area (Å²) in [7, 11) is -3.23. The molecule has 0 atom stereocenters. The van der Waals surface area contributed by atoms with Crippen LogP contribution < -0.4 is 9.47 Å². The van der Waals surface area contributed by atoms with Gasteiger partial charge in [-0.3, -0.25) is 0 Å². The summed E-state index contributed by atoms with van der Waals surface area (Å²) in [6.07, 6.45) is 2.23. The topological polar surface area (TPSA) is 76.4 Å². The van der Waals surface area contributed by atoms with Gasteiger partial charge in [-0.05, 0) is 30.5 Å². The molecule has 1 aliphatic rings. The van der Waals surface area contributed by atoms with Crippen molar-refractivity contribution in [3.63, 3.8) is 0 Å². The fourth-order valence-corrected chi connectivity index (χ4v) is 3.97. The number of benzene rings is 1. The van der Waals surface area contributed by atoms with E-state index >= 15 is 0 Å². The molecule has 0 spiro atoms. The van der Waals surface area contributed by atoms with Crippen molar-refractivity contribution in [3.8, 4) is 17.6 Å². The maximum absolute atomic E-state index is 12.1. The molecule has 0 radical (unpaired) electrons. The third kappa shape index (κ3) is 4.79. The van der Waals surface area contributed by atoms with Crippen LogP contribution in [0.15, 0.2) is 12.1 Å². The molecule has 1 aliphatic heterocycles. The Labute approximate surface area is 135 Å². The maximum atomic E-state index is 12.1. The SMILES string of the molecule is N#CCCCCS(=O)(=O)Cc1cc(Cl)c2c(c1)OCCCO2. The second-order valence-electron chi connectivity index (χ2n) is 5.16. The molecule has 1 heterocycles. The summed E-state index contributed by atoms with van der Waals surface area (Å²) < 4.78 is 35.3. The van der Waals surface area contributed by atoms with Crippen LogP contribution in [0.4, 0.5) is 0 Å². The Hall–Kier alpha value is -1.45. The first-order valence-corrected chi connectivity index (χ1v) is 9.37. The van der Waals surface area contributed by atoms with Gasteiger partial charge in [0.1, 0.15) is 0 Å². The fourth-order valence-electron chi connectivity index (χ4n) is 2.22. The molecule has 0 unspecified atom stereocenters. The molecular weight excluding hydrogens is 326 g/mol. The lowest BCUT2D eigenvalue weighted by Gasteiger charge is -2.12. The molecule has 0 saturated heterocycles. The zero-order valence-electron chi connectivity index (χ0n) is 12.2. The minimum Gasteiger partial charge on any atom is -0.489 e. The van der Waals surface area contributed by atoms with E-state index in [0.29, 0.717) is 54.6 Å². The zero-order chi connectivity index (χ0) is 16.0. The number of halogens is 1. The normalized spacial score (nSPS) is 14.2. The van der Waals surface area contributed by atoms with Gasteiger partial charge in [0.15, 0.2) is 21.3 Å². The number of fused-ring (bicyclic) bond motifs is 1. The monoisotopic (exact) mass is 343 g/mol. The van der Waals surface area contributed by atoms with Crippen LogP contribution in [0.25, 0.3) is 0 Å². The minimum absolute atomic E-state index is 0.0702. The molecule has 0 amide bonds. The molecule has 7 heteroatoms. The van der Waals surface area contributed by atoms with Crippen LogP contribution in [0.3, 0.4) is 0 Å². The van der Waals surface area contributed by atoms with Gasteiger partial charge in [-0.2, -0.15) is 5.26 Å². The molecule has 5 nitrogen and oxygen atoms in total. The summed E-state index contributed by atoms with van der Waals surface area (Å²) in [5.74, 6) is 0.963. The minimum atomic E-state index is -3.23. The Morgan fingerprint density at radius 2 is 2.00 bits per heavy atom. The van der Waals surface area contributed by atoms with Gasteiger partial charge in [-0.1, -0.05) is 11.6 Å². The van der Waals surface area contributed by atoms with Gasteiger partial charge in [0, 0.05) is 12.8 Å². The Morgan fingerprint density at radius 3 is 2.77 bits per heavy atom. The molecular formula is C15H18ClNO4S. The molecule has 1 aromatic carbocycles. The molecule has 0 fully saturated rings. The summed E-state index contributed by atoms with van der Waals surface area (Å²) in [5, 5.41) is 8.83. The highest BCUT2D eigenvalue weighted by atomic mass is 35.5. The molecule has 22 heavy (non-hydrogen) atoms. The van der Waals surface area contributed by atoms with Crippen LogP contribution >= 0.6 is 11.6 Å². The van der Waals surface area contributed by atoms with Crippen LogP contribution in [0.2, 0.25) is 5.02 Å². The van der Waals surface area contributed by atoms with Crippen LogP contribution in [-0.2, 0) is 15.6 Å². The van der Waals surface area contributed by atoms with E-state index < -0.39 is 9.84 Å². The number of ether oxygens (including phenoxy) is 2. The van der Waals surface area contributed by atoms with E-state index in [-0.39, 0.29) is 11.5 Å². The average Bonchev–Trinajstić information content (AvgIpc) is 2.69. The fraction of sp³-hybridized carbons (Fsp3) is 0.533. The van der Waals surface area contributed by atoms with E-state index in [9.17, 15) is 8.42 Å². The van der Waals surface area contributed by atoms with Crippen LogP contribution in [-0.4, -0.2) is 27.4 Å². The second-order valence-corrected chi connectivity index (χ2v) is 7.75. The van der Waals surface area contributed by atoms with Crippen molar-refractivity contribution in [1.82, 2.24) is 0 Å². The van der Waals surface area contributed by atoms with Gasteiger partial charge in [0.25, 0.3) is 0 Å². The third-order valence-corrected chi connectivity index (χ3v) is 5.21. The van der Waals surface area contributed by atoms with E-state index in [1.165, 1.54) is 0 Å². The molecule has 0 aliphatic carbocycles. The molecule has 0 aromatic heterocycles. The number of sulfone groups is 1. The van der Waals surface area contributed by atoms with Crippen LogP contribution in [0.1, 0.15) is 31.2 Å². The van der Waals surface area contributed by atoms with Gasteiger partial charge >= 0.3 is 0 Å². The van der Waals surface area contributed by atoms with Crippen LogP contribution in [0.5, 0.6) is 11.5 Å². The van der Waals surface area contributed by atoms with E-state index in [2.05, 4.69) is 0 Å². The van der Waals surface area contributed by atoms with Crippen molar-refractivity contribution in [2.24, 2.45) is 0 Å². The number of unbranched alkanes of at least 4 members (excludes halogenated alkanes) is 2. The van der Waals surface area contributed by atoms with Gasteiger partial charge in [0.2, 0.25) is 0 Å². The van der Waals surface area contributed by atoms with Crippen molar-refractivity contribution >= 4 is 21.4 Å². The number of hydrogen-bond donors (Lipinski definition) is 0. The quantitative estimate of drug-likeness (QED) is 0.742. The van der Waals surface area contributed by atoms with E-state index in [1.54, 1.807) is 12.1 Å². The molecule has 0 N–H and O–H groups in total. The molecule has 2 rings (SSSR count). The predicted octanol–water partition coefficient (Wildman–Crippen LogP) is 3.11. The Balaban J connectivity index is 2.08. The van der Waals surface area contributed by atoms with Gasteiger partial charge in [-0.15, -0.1) is 0 Å². The van der Waals surface area contributed by atoms with Crippen molar-refractivity contribution in [2.45, 2.75) is 31.4 Å². The highest BCUT2D eigenvalue weighted by molar-refractivity contribution is 7.90. The van der Waals surface area contributed by atoms with Crippen molar-refractivity contribution in [1.29, 1.82) is 5.26 Å². The predicted molar refractivity (Wildman–Crippen MR) is 84.0 cm³/mol. The number of rotatable bonds is 6. The van der Waals surface area contributed by atoms with E-state index in [1.807, 2.05) is 6.07 Å². The third-order valence-electron chi connectivity index (χ3n) is 3.24. The summed E-state index contributed by atoms with van der Waals surface area (Å²) in [4.78, 5) is 0. The van der Waals surface area contributed by atoms with Crippen molar-refractivity contribution < 1.29 is 17.9 Å². The zero-order valence-corrected chi connectivity index (χ0v) is 13.8. The van der Waals surface area contributed by atoms with Crippen LogP contribution in [0, 0.1) is 11.3 Å².